The zero-order valence-electron chi connectivity index (χ0n) is 11.0. The van der Waals surface area contributed by atoms with Crippen LogP contribution in [0.3, 0.4) is 0 Å². The first-order chi connectivity index (χ1) is 9.63. The summed E-state index contributed by atoms with van der Waals surface area (Å²) < 4.78 is 1.14. The Hall–Kier alpha value is -1.59. The van der Waals surface area contributed by atoms with E-state index in [-0.39, 0.29) is 0 Å². The van der Waals surface area contributed by atoms with Gasteiger partial charge in [0.1, 0.15) is 0 Å². The van der Waals surface area contributed by atoms with E-state index in [4.69, 9.17) is 5.73 Å². The molecule has 0 aliphatic heterocycles. The molecule has 0 amide bonds. The van der Waals surface area contributed by atoms with E-state index in [0.717, 1.165) is 27.6 Å². The Labute approximate surface area is 130 Å². The number of rotatable bonds is 3. The van der Waals surface area contributed by atoms with Crippen molar-refractivity contribution in [1.82, 2.24) is 4.98 Å². The molecule has 5 heteroatoms. The highest BCUT2D eigenvalue weighted by Gasteiger charge is 2.08. The molecule has 3 nitrogen and oxygen atoms in total. The van der Waals surface area contributed by atoms with E-state index in [1.807, 2.05) is 30.5 Å². The maximum atomic E-state index is 5.82. The Kier molecular flexibility index (Phi) is 3.63. The van der Waals surface area contributed by atoms with E-state index in [0.29, 0.717) is 0 Å². The van der Waals surface area contributed by atoms with Gasteiger partial charge < -0.3 is 10.6 Å². The van der Waals surface area contributed by atoms with Crippen LogP contribution in [0.15, 0.2) is 46.4 Å². The van der Waals surface area contributed by atoms with Crippen LogP contribution in [0.4, 0.5) is 11.4 Å². The number of nitrogens with zero attached hydrogens (tertiary/aromatic N) is 2. The standard InChI is InChI=1S/C15H14BrN3S/c1-19(8-12-6-10(16)9-20-12)15-4-5-18-14-7-11(17)2-3-13(14)15/h2-7,9H,8,17H2,1H3. The van der Waals surface area contributed by atoms with E-state index >= 15 is 0 Å². The van der Waals surface area contributed by atoms with E-state index < -0.39 is 0 Å². The lowest BCUT2D eigenvalue weighted by Gasteiger charge is -2.20. The number of halogens is 1. The fourth-order valence-corrected chi connectivity index (χ4v) is 3.74. The van der Waals surface area contributed by atoms with Crippen molar-refractivity contribution >= 4 is 49.5 Å². The third-order valence-corrected chi connectivity index (χ3v) is 4.85. The number of nitrogen functional groups attached to an aromatic ring is 1. The van der Waals surface area contributed by atoms with Crippen LogP contribution in [-0.2, 0) is 6.54 Å². The minimum absolute atomic E-state index is 0.743. The van der Waals surface area contributed by atoms with Crippen molar-refractivity contribution in [2.24, 2.45) is 0 Å². The van der Waals surface area contributed by atoms with E-state index in [9.17, 15) is 0 Å². The minimum atomic E-state index is 0.743. The molecule has 1 aromatic carbocycles. The van der Waals surface area contributed by atoms with Crippen molar-refractivity contribution in [3.63, 3.8) is 0 Å². The molecule has 0 aliphatic rings. The molecule has 2 aromatic heterocycles. The fraction of sp³-hybridized carbons (Fsp3) is 0.133. The second-order valence-corrected chi connectivity index (χ2v) is 6.61. The summed E-state index contributed by atoms with van der Waals surface area (Å²) in [7, 11) is 2.10. The average molecular weight is 348 g/mol. The van der Waals surface area contributed by atoms with Crippen LogP contribution in [-0.4, -0.2) is 12.0 Å². The Morgan fingerprint density at radius 3 is 2.90 bits per heavy atom. The Morgan fingerprint density at radius 2 is 2.15 bits per heavy atom. The number of fused-ring (bicyclic) bond motifs is 1. The number of hydrogen-bond acceptors (Lipinski definition) is 4. The van der Waals surface area contributed by atoms with Gasteiger partial charge in [-0.25, -0.2) is 0 Å². The van der Waals surface area contributed by atoms with Crippen LogP contribution >= 0.6 is 27.3 Å². The van der Waals surface area contributed by atoms with Crippen LogP contribution in [0.25, 0.3) is 10.9 Å². The zero-order valence-corrected chi connectivity index (χ0v) is 13.4. The fourth-order valence-electron chi connectivity index (χ4n) is 2.24. The molecule has 0 saturated heterocycles. The molecule has 0 radical (unpaired) electrons. The van der Waals surface area contributed by atoms with Gasteiger partial charge in [0.25, 0.3) is 0 Å². The quantitative estimate of drug-likeness (QED) is 0.719. The molecule has 102 valence electrons. The molecule has 2 N–H and O–H groups in total. The van der Waals surface area contributed by atoms with Gasteiger partial charge >= 0.3 is 0 Å². The Balaban J connectivity index is 1.96. The van der Waals surface area contributed by atoms with Crippen molar-refractivity contribution in [2.75, 3.05) is 17.7 Å². The molecule has 20 heavy (non-hydrogen) atoms. The van der Waals surface area contributed by atoms with Crippen molar-refractivity contribution in [1.29, 1.82) is 0 Å². The summed E-state index contributed by atoms with van der Waals surface area (Å²) in [6, 6.07) is 10.1. The van der Waals surface area contributed by atoms with Gasteiger partial charge in [-0.1, -0.05) is 0 Å². The van der Waals surface area contributed by atoms with Crippen LogP contribution < -0.4 is 10.6 Å². The molecular weight excluding hydrogens is 334 g/mol. The van der Waals surface area contributed by atoms with Gasteiger partial charge in [-0.05, 0) is 46.3 Å². The van der Waals surface area contributed by atoms with Crippen LogP contribution in [0.1, 0.15) is 4.88 Å². The highest BCUT2D eigenvalue weighted by molar-refractivity contribution is 9.10. The largest absolute Gasteiger partial charge is 0.399 e. The first-order valence-electron chi connectivity index (χ1n) is 6.22. The first-order valence-corrected chi connectivity index (χ1v) is 7.89. The summed E-state index contributed by atoms with van der Waals surface area (Å²) in [4.78, 5) is 7.94. The van der Waals surface area contributed by atoms with Gasteiger partial charge in [0.05, 0.1) is 12.1 Å². The molecular formula is C15H14BrN3S. The third-order valence-electron chi connectivity index (χ3n) is 3.17. The maximum Gasteiger partial charge on any atom is 0.0743 e. The highest BCUT2D eigenvalue weighted by Crippen LogP contribution is 2.28. The lowest BCUT2D eigenvalue weighted by molar-refractivity contribution is 0.944. The Bertz CT molecular complexity index is 754. The maximum absolute atomic E-state index is 5.82. The van der Waals surface area contributed by atoms with Crippen LogP contribution in [0.2, 0.25) is 0 Å². The molecule has 0 aliphatic carbocycles. The van der Waals surface area contributed by atoms with Crippen LogP contribution in [0.5, 0.6) is 0 Å². The van der Waals surface area contributed by atoms with Crippen molar-refractivity contribution in [2.45, 2.75) is 6.54 Å². The van der Waals surface area contributed by atoms with Crippen molar-refractivity contribution < 1.29 is 0 Å². The average Bonchev–Trinajstić information content (AvgIpc) is 2.83. The minimum Gasteiger partial charge on any atom is -0.399 e. The molecule has 2 heterocycles. The smallest absolute Gasteiger partial charge is 0.0743 e. The summed E-state index contributed by atoms with van der Waals surface area (Å²) >= 11 is 5.25. The second-order valence-electron chi connectivity index (χ2n) is 4.69. The molecule has 0 saturated carbocycles. The summed E-state index contributed by atoms with van der Waals surface area (Å²) in [5.41, 5.74) is 8.66. The summed E-state index contributed by atoms with van der Waals surface area (Å²) in [5.74, 6) is 0. The molecule has 0 atom stereocenters. The van der Waals surface area contributed by atoms with E-state index in [1.165, 1.54) is 10.6 Å². The monoisotopic (exact) mass is 347 g/mol. The number of pyridine rings is 1. The van der Waals surface area contributed by atoms with Crippen molar-refractivity contribution in [3.05, 3.63) is 51.3 Å². The molecule has 3 rings (SSSR count). The lowest BCUT2D eigenvalue weighted by atomic mass is 10.1. The predicted molar refractivity (Wildman–Crippen MR) is 90.3 cm³/mol. The number of benzene rings is 1. The third kappa shape index (κ3) is 2.64. The van der Waals surface area contributed by atoms with Gasteiger partial charge in [-0.15, -0.1) is 11.3 Å². The summed E-state index contributed by atoms with van der Waals surface area (Å²) in [6.45, 7) is 0.875. The SMILES string of the molecule is CN(Cc1cc(Br)cs1)c1ccnc2cc(N)ccc12. The van der Waals surface area contributed by atoms with Crippen LogP contribution in [0, 0.1) is 0 Å². The second kappa shape index (κ2) is 5.42. The topological polar surface area (TPSA) is 42.2 Å². The summed E-state index contributed by atoms with van der Waals surface area (Å²) in [5, 5.41) is 3.23. The number of anilines is 2. The first kappa shape index (κ1) is 13.4. The van der Waals surface area contributed by atoms with Gasteiger partial charge in [-0.3, -0.25) is 4.98 Å². The highest BCUT2D eigenvalue weighted by atomic mass is 79.9. The number of nitrogens with two attached hydrogens (primary N) is 1. The number of thiophene rings is 1. The predicted octanol–water partition coefficient (Wildman–Crippen LogP) is 4.28. The molecule has 3 aromatic rings. The van der Waals surface area contributed by atoms with Gasteiger partial charge in [0.15, 0.2) is 0 Å². The van der Waals surface area contributed by atoms with E-state index in [1.54, 1.807) is 11.3 Å². The molecule has 0 fully saturated rings. The van der Waals surface area contributed by atoms with Gasteiger partial charge in [-0.2, -0.15) is 0 Å². The lowest BCUT2D eigenvalue weighted by Crippen LogP contribution is -2.16. The normalized spacial score (nSPS) is 10.9. The molecule has 0 spiro atoms. The number of aromatic nitrogens is 1. The molecule has 0 unspecified atom stereocenters. The number of hydrogen-bond donors (Lipinski definition) is 1. The zero-order chi connectivity index (χ0) is 14.1. The molecule has 0 bridgehead atoms. The summed E-state index contributed by atoms with van der Waals surface area (Å²) in [6.07, 6.45) is 1.83. The van der Waals surface area contributed by atoms with E-state index in [2.05, 4.69) is 44.3 Å². The van der Waals surface area contributed by atoms with Crippen molar-refractivity contribution in [3.8, 4) is 0 Å². The Morgan fingerprint density at radius 1 is 1.30 bits per heavy atom. The van der Waals surface area contributed by atoms with Gasteiger partial charge in [0.2, 0.25) is 0 Å². The van der Waals surface area contributed by atoms with Gasteiger partial charge in [0, 0.05) is 44.7 Å².